The number of anilines is 2. The molecule has 0 aliphatic rings. The van der Waals surface area contributed by atoms with Crippen molar-refractivity contribution in [3.63, 3.8) is 0 Å². The molecular weight excluding hydrogens is 397 g/mol. The third-order valence-corrected chi connectivity index (χ3v) is 4.81. The number of rotatable bonds is 5. The van der Waals surface area contributed by atoms with Crippen molar-refractivity contribution in [1.82, 2.24) is 15.2 Å². The lowest BCUT2D eigenvalue weighted by Crippen LogP contribution is -2.28. The summed E-state index contributed by atoms with van der Waals surface area (Å²) in [5.41, 5.74) is -3.98. The van der Waals surface area contributed by atoms with E-state index in [9.17, 15) is 21.6 Å². The molecule has 3 rings (SSSR count). The summed E-state index contributed by atoms with van der Waals surface area (Å²) in [5.74, 6) is 0.507. The average molecular weight is 414 g/mol. The van der Waals surface area contributed by atoms with Gasteiger partial charge < -0.3 is 9.50 Å². The molecule has 150 valence electrons. The van der Waals surface area contributed by atoms with Crippen molar-refractivity contribution in [2.24, 2.45) is 0 Å². The fourth-order valence-corrected chi connectivity index (χ4v) is 3.06. The van der Waals surface area contributed by atoms with Crippen LogP contribution in [-0.2, 0) is 10.1 Å². The zero-order chi connectivity index (χ0) is 20.7. The Hall–Kier alpha value is -2.82. The molecule has 0 aliphatic heterocycles. The number of aromatic amines is 1. The topological polar surface area (TPSA) is 97.0 Å². The molecule has 0 fully saturated rings. The molecule has 0 saturated heterocycles. The van der Waals surface area contributed by atoms with Crippen LogP contribution in [0.3, 0.4) is 0 Å². The molecule has 0 aliphatic carbocycles. The number of pyridine rings is 1. The Balaban J connectivity index is 2.05. The van der Waals surface area contributed by atoms with Gasteiger partial charge >= 0.3 is 15.6 Å². The molecule has 2 heterocycles. The number of aryl methyl sites for hydroxylation is 1. The summed E-state index contributed by atoms with van der Waals surface area (Å²) < 4.78 is 64.4. The third kappa shape index (κ3) is 4.03. The van der Waals surface area contributed by atoms with Crippen molar-refractivity contribution in [3.05, 3.63) is 41.7 Å². The van der Waals surface area contributed by atoms with Crippen LogP contribution >= 0.6 is 0 Å². The largest absolute Gasteiger partial charge is 0.534 e. The second-order valence-corrected chi connectivity index (χ2v) is 8.01. The van der Waals surface area contributed by atoms with Gasteiger partial charge in [0.2, 0.25) is 0 Å². The highest BCUT2D eigenvalue weighted by molar-refractivity contribution is 7.88. The zero-order valence-electron chi connectivity index (χ0n) is 15.1. The summed E-state index contributed by atoms with van der Waals surface area (Å²) >= 11 is 0. The van der Waals surface area contributed by atoms with Crippen LogP contribution in [0.5, 0.6) is 5.75 Å². The molecule has 0 unspecified atom stereocenters. The van der Waals surface area contributed by atoms with Gasteiger partial charge in [-0.2, -0.15) is 26.7 Å². The number of hydrogen-bond acceptors (Lipinski definition) is 6. The van der Waals surface area contributed by atoms with Gasteiger partial charge in [0.1, 0.15) is 11.6 Å². The van der Waals surface area contributed by atoms with E-state index in [-0.39, 0.29) is 5.92 Å². The summed E-state index contributed by atoms with van der Waals surface area (Å²) in [4.78, 5) is 4.54. The number of nitrogens with zero attached hydrogens (tertiary/aromatic N) is 2. The van der Waals surface area contributed by atoms with Crippen LogP contribution in [0.15, 0.2) is 30.3 Å². The normalized spacial score (nSPS) is 12.5. The van der Waals surface area contributed by atoms with Gasteiger partial charge in [-0.15, -0.1) is 0 Å². The van der Waals surface area contributed by atoms with Gasteiger partial charge in [-0.3, -0.25) is 5.10 Å². The van der Waals surface area contributed by atoms with Crippen molar-refractivity contribution < 1.29 is 25.8 Å². The highest BCUT2D eigenvalue weighted by Crippen LogP contribution is 2.32. The molecule has 11 heteroatoms. The van der Waals surface area contributed by atoms with Gasteiger partial charge in [-0.1, -0.05) is 13.8 Å². The first-order valence-corrected chi connectivity index (χ1v) is 9.61. The summed E-state index contributed by atoms with van der Waals surface area (Å²) in [6.45, 7) is 5.67. The van der Waals surface area contributed by atoms with Crippen molar-refractivity contribution in [3.8, 4) is 5.75 Å². The summed E-state index contributed by atoms with van der Waals surface area (Å²) in [5, 5.41) is 11.0. The van der Waals surface area contributed by atoms with E-state index in [1.54, 1.807) is 12.1 Å². The van der Waals surface area contributed by atoms with Gasteiger partial charge in [0.15, 0.2) is 5.82 Å². The molecule has 0 atom stereocenters. The Morgan fingerprint density at radius 1 is 1.14 bits per heavy atom. The quantitative estimate of drug-likeness (QED) is 0.476. The molecule has 1 aromatic carbocycles. The van der Waals surface area contributed by atoms with E-state index in [0.29, 0.717) is 28.1 Å². The number of aromatic nitrogens is 3. The summed E-state index contributed by atoms with van der Waals surface area (Å²) in [6.07, 6.45) is 0. The zero-order valence-corrected chi connectivity index (χ0v) is 15.9. The van der Waals surface area contributed by atoms with Gasteiger partial charge in [0, 0.05) is 17.1 Å². The van der Waals surface area contributed by atoms with Gasteiger partial charge in [-0.25, -0.2) is 4.98 Å². The Kier molecular flexibility index (Phi) is 4.96. The van der Waals surface area contributed by atoms with E-state index >= 15 is 0 Å². The molecule has 3 aromatic rings. The maximum Gasteiger partial charge on any atom is 0.534 e. The Morgan fingerprint density at radius 3 is 2.43 bits per heavy atom. The highest BCUT2D eigenvalue weighted by Gasteiger charge is 2.48. The van der Waals surface area contributed by atoms with Crippen molar-refractivity contribution in [2.75, 3.05) is 5.32 Å². The number of H-pyrrole nitrogens is 1. The predicted octanol–water partition coefficient (Wildman–Crippen LogP) is 4.36. The number of benzene rings is 1. The second-order valence-electron chi connectivity index (χ2n) is 6.47. The number of nitrogens with one attached hydrogen (secondary N) is 2. The average Bonchev–Trinajstić information content (AvgIpc) is 2.97. The smallest absolute Gasteiger partial charge is 0.376 e. The Labute approximate surface area is 159 Å². The number of hydrogen-bond donors (Lipinski definition) is 2. The van der Waals surface area contributed by atoms with Crippen molar-refractivity contribution >= 4 is 32.5 Å². The minimum absolute atomic E-state index is 0.0100. The minimum atomic E-state index is -5.75. The molecule has 0 spiro atoms. The van der Waals surface area contributed by atoms with Crippen LogP contribution in [0.1, 0.15) is 31.2 Å². The van der Waals surface area contributed by atoms with Crippen LogP contribution in [0.2, 0.25) is 0 Å². The monoisotopic (exact) mass is 414 g/mol. The van der Waals surface area contributed by atoms with Gasteiger partial charge in [0.25, 0.3) is 0 Å². The first kappa shape index (κ1) is 19.9. The van der Waals surface area contributed by atoms with E-state index in [1.165, 1.54) is 18.2 Å². The van der Waals surface area contributed by atoms with E-state index in [0.717, 1.165) is 5.69 Å². The summed E-state index contributed by atoms with van der Waals surface area (Å²) in [7, 11) is -5.75. The van der Waals surface area contributed by atoms with E-state index in [1.807, 2.05) is 20.8 Å². The van der Waals surface area contributed by atoms with Crippen molar-refractivity contribution in [1.29, 1.82) is 0 Å². The lowest BCUT2D eigenvalue weighted by molar-refractivity contribution is -0.0500. The van der Waals surface area contributed by atoms with Crippen LogP contribution in [0, 0.1) is 6.92 Å². The fraction of sp³-hybridized carbons (Fsp3) is 0.294. The fourth-order valence-electron chi connectivity index (χ4n) is 2.61. The maximum atomic E-state index is 12.6. The highest BCUT2D eigenvalue weighted by atomic mass is 32.2. The van der Waals surface area contributed by atoms with Crippen LogP contribution in [-0.4, -0.2) is 29.1 Å². The van der Waals surface area contributed by atoms with E-state index < -0.39 is 21.4 Å². The van der Waals surface area contributed by atoms with E-state index in [2.05, 4.69) is 24.7 Å². The molecule has 7 nitrogen and oxygen atoms in total. The molecular formula is C17H17F3N4O3S. The molecule has 0 amide bonds. The molecule has 28 heavy (non-hydrogen) atoms. The lowest BCUT2D eigenvalue weighted by Gasteiger charge is -2.14. The molecule has 2 N–H and O–H groups in total. The standard InChI is InChI=1S/C17H17F3N4O3S/c1-9(2)16-13-5-4-12(27-28(25,26)17(18,19)20)7-11(13)8-14(22-16)21-15-6-10(3)23-24-15/h4-9H,1-3H3,(H2,21,22,23,24). The van der Waals surface area contributed by atoms with E-state index in [4.69, 9.17) is 0 Å². The molecule has 2 aromatic heterocycles. The Bertz CT molecular complexity index is 1120. The lowest BCUT2D eigenvalue weighted by atomic mass is 10.0. The first-order valence-electron chi connectivity index (χ1n) is 8.21. The molecule has 0 bridgehead atoms. The van der Waals surface area contributed by atoms with Crippen LogP contribution in [0.4, 0.5) is 24.8 Å². The predicted molar refractivity (Wildman–Crippen MR) is 98.0 cm³/mol. The second kappa shape index (κ2) is 6.97. The minimum Gasteiger partial charge on any atom is -0.376 e. The van der Waals surface area contributed by atoms with Crippen LogP contribution in [0.25, 0.3) is 10.8 Å². The number of fused-ring (bicyclic) bond motifs is 1. The SMILES string of the molecule is Cc1cc(Nc2cc3cc(OS(=O)(=O)C(F)(F)F)ccc3c(C(C)C)n2)n[nH]1. The maximum absolute atomic E-state index is 12.6. The van der Waals surface area contributed by atoms with Gasteiger partial charge in [0.05, 0.1) is 5.69 Å². The molecule has 0 radical (unpaired) electrons. The van der Waals surface area contributed by atoms with Crippen molar-refractivity contribution in [2.45, 2.75) is 32.2 Å². The first-order chi connectivity index (χ1) is 13.0. The number of halogens is 3. The third-order valence-electron chi connectivity index (χ3n) is 3.83. The Morgan fingerprint density at radius 2 is 1.86 bits per heavy atom. The number of alkyl halides is 3. The summed E-state index contributed by atoms with van der Waals surface area (Å²) in [6, 6.07) is 7.23. The van der Waals surface area contributed by atoms with Crippen LogP contribution < -0.4 is 9.50 Å². The molecule has 0 saturated carbocycles. The van der Waals surface area contributed by atoms with Gasteiger partial charge in [-0.05, 0) is 42.5 Å².